The molecule has 0 radical (unpaired) electrons. The van der Waals surface area contributed by atoms with Gasteiger partial charge in [0.2, 0.25) is 0 Å². The van der Waals surface area contributed by atoms with Crippen LogP contribution in [0, 0.1) is 0 Å². The molecule has 2 rings (SSSR count). The topological polar surface area (TPSA) is 98.7 Å². The number of carbonyl (C=O) groups excluding carboxylic acids is 1. The van der Waals surface area contributed by atoms with Crippen molar-refractivity contribution in [2.45, 2.75) is 43.9 Å². The van der Waals surface area contributed by atoms with Crippen molar-refractivity contribution in [1.29, 1.82) is 0 Å². The summed E-state index contributed by atoms with van der Waals surface area (Å²) in [6.07, 6.45) is 2.47. The summed E-state index contributed by atoms with van der Waals surface area (Å²) < 4.78 is 0. The lowest BCUT2D eigenvalue weighted by Crippen LogP contribution is -2.46. The monoisotopic (exact) mass is 298 g/mol. The van der Waals surface area contributed by atoms with Crippen molar-refractivity contribution >= 4 is 23.3 Å². The number of rotatable bonds is 4. The third-order valence-corrected chi connectivity index (χ3v) is 4.32. The number of aliphatic hydroxyl groups is 1. The first-order valence-corrected chi connectivity index (χ1v) is 7.45. The Hall–Kier alpha value is -1.60. The summed E-state index contributed by atoms with van der Waals surface area (Å²) in [7, 11) is 0. The number of carbonyl (C=O) groups is 2. The highest BCUT2D eigenvalue weighted by molar-refractivity contribution is 7.10. The van der Waals surface area contributed by atoms with Gasteiger partial charge in [0.05, 0.1) is 6.10 Å². The lowest BCUT2D eigenvalue weighted by atomic mass is 9.93. The lowest BCUT2D eigenvalue weighted by Gasteiger charge is -2.26. The number of hydrogen-bond donors (Lipinski definition) is 4. The molecule has 0 bridgehead atoms. The second kappa shape index (κ2) is 6.71. The van der Waals surface area contributed by atoms with E-state index in [2.05, 4.69) is 10.6 Å². The molecule has 20 heavy (non-hydrogen) atoms. The fraction of sp³-hybridized carbons (Fsp3) is 0.538. The second-order valence-electron chi connectivity index (χ2n) is 4.91. The van der Waals surface area contributed by atoms with Gasteiger partial charge in [0.1, 0.15) is 0 Å². The minimum absolute atomic E-state index is 0.00354. The van der Waals surface area contributed by atoms with Crippen LogP contribution in [0.5, 0.6) is 0 Å². The Morgan fingerprint density at radius 3 is 2.55 bits per heavy atom. The smallest absolute Gasteiger partial charge is 0.331 e. The summed E-state index contributed by atoms with van der Waals surface area (Å²) >= 11 is 1.29. The molecule has 1 fully saturated rings. The molecule has 1 heterocycles. The average Bonchev–Trinajstić information content (AvgIpc) is 2.92. The van der Waals surface area contributed by atoms with Crippen LogP contribution in [0.1, 0.15) is 36.6 Å². The first kappa shape index (κ1) is 14.8. The van der Waals surface area contributed by atoms with Crippen LogP contribution in [0.15, 0.2) is 17.5 Å². The Kier molecular flexibility index (Phi) is 4.97. The second-order valence-corrected chi connectivity index (χ2v) is 5.89. The summed E-state index contributed by atoms with van der Waals surface area (Å²) in [6, 6.07) is 1.92. The molecule has 1 aliphatic carbocycles. The van der Waals surface area contributed by atoms with E-state index in [1.165, 1.54) is 11.3 Å². The Labute approximate surface area is 120 Å². The predicted molar refractivity (Wildman–Crippen MR) is 74.6 cm³/mol. The molecule has 0 aliphatic heterocycles. The SMILES string of the molecule is O=C(NC1CCC(O)CC1)NC(C(=O)O)c1cccs1. The van der Waals surface area contributed by atoms with Gasteiger partial charge >= 0.3 is 12.0 Å². The molecule has 1 unspecified atom stereocenters. The maximum absolute atomic E-state index is 11.9. The fourth-order valence-corrected chi connectivity index (χ4v) is 3.06. The van der Waals surface area contributed by atoms with Gasteiger partial charge in [-0.2, -0.15) is 0 Å². The average molecular weight is 298 g/mol. The quantitative estimate of drug-likeness (QED) is 0.676. The number of urea groups is 1. The maximum Gasteiger partial charge on any atom is 0.331 e. The van der Waals surface area contributed by atoms with Crippen LogP contribution in [0.4, 0.5) is 4.79 Å². The predicted octanol–water partition coefficient (Wildman–Crippen LogP) is 1.48. The molecule has 2 amide bonds. The highest BCUT2D eigenvalue weighted by Gasteiger charge is 2.25. The van der Waals surface area contributed by atoms with E-state index in [0.717, 1.165) is 0 Å². The number of carboxylic acid groups (broad SMARTS) is 1. The lowest BCUT2D eigenvalue weighted by molar-refractivity contribution is -0.139. The number of amides is 2. The van der Waals surface area contributed by atoms with Crippen molar-refractivity contribution in [2.24, 2.45) is 0 Å². The Morgan fingerprint density at radius 1 is 1.30 bits per heavy atom. The molecule has 0 aromatic carbocycles. The van der Waals surface area contributed by atoms with Crippen LogP contribution in [-0.4, -0.2) is 34.4 Å². The van der Waals surface area contributed by atoms with Crippen LogP contribution in [0.2, 0.25) is 0 Å². The van der Waals surface area contributed by atoms with Crippen LogP contribution in [0.3, 0.4) is 0 Å². The zero-order valence-electron chi connectivity index (χ0n) is 10.9. The van der Waals surface area contributed by atoms with E-state index in [1.807, 2.05) is 0 Å². The molecule has 0 spiro atoms. The first-order chi connectivity index (χ1) is 9.56. The number of carboxylic acids is 1. The van der Waals surface area contributed by atoms with E-state index in [9.17, 15) is 14.7 Å². The standard InChI is InChI=1S/C13H18N2O4S/c16-9-5-3-8(4-6-9)14-13(19)15-11(12(17)18)10-2-1-7-20-10/h1-2,7-9,11,16H,3-6H2,(H,17,18)(H2,14,15,19). The molecule has 1 aromatic heterocycles. The molecule has 4 N–H and O–H groups in total. The molecule has 7 heteroatoms. The van der Waals surface area contributed by atoms with Gasteiger partial charge in [-0.25, -0.2) is 9.59 Å². The van der Waals surface area contributed by atoms with E-state index in [-0.39, 0.29) is 12.1 Å². The molecule has 1 aromatic rings. The van der Waals surface area contributed by atoms with Crippen molar-refractivity contribution in [1.82, 2.24) is 10.6 Å². The largest absolute Gasteiger partial charge is 0.479 e. The van der Waals surface area contributed by atoms with Crippen molar-refractivity contribution in [3.8, 4) is 0 Å². The van der Waals surface area contributed by atoms with Crippen LogP contribution in [-0.2, 0) is 4.79 Å². The molecule has 6 nitrogen and oxygen atoms in total. The minimum atomic E-state index is -1.08. The van der Waals surface area contributed by atoms with Crippen molar-refractivity contribution < 1.29 is 19.8 Å². The van der Waals surface area contributed by atoms with Crippen molar-refractivity contribution in [2.75, 3.05) is 0 Å². The van der Waals surface area contributed by atoms with Gasteiger partial charge < -0.3 is 20.8 Å². The van der Waals surface area contributed by atoms with E-state index in [4.69, 9.17) is 5.11 Å². The minimum Gasteiger partial charge on any atom is -0.479 e. The fourth-order valence-electron chi connectivity index (χ4n) is 2.29. The summed E-state index contributed by atoms with van der Waals surface area (Å²) in [6.45, 7) is 0. The van der Waals surface area contributed by atoms with Gasteiger partial charge in [0.15, 0.2) is 6.04 Å². The number of aliphatic hydroxyl groups excluding tert-OH is 1. The third-order valence-electron chi connectivity index (χ3n) is 3.38. The van der Waals surface area contributed by atoms with Gasteiger partial charge in [0, 0.05) is 10.9 Å². The number of hydrogen-bond acceptors (Lipinski definition) is 4. The van der Waals surface area contributed by atoms with E-state index in [0.29, 0.717) is 30.6 Å². The van der Waals surface area contributed by atoms with Crippen molar-refractivity contribution in [3.05, 3.63) is 22.4 Å². The number of nitrogens with one attached hydrogen (secondary N) is 2. The van der Waals surface area contributed by atoms with Gasteiger partial charge in [0.25, 0.3) is 0 Å². The zero-order valence-corrected chi connectivity index (χ0v) is 11.7. The molecule has 110 valence electrons. The molecular weight excluding hydrogens is 280 g/mol. The molecule has 1 aliphatic rings. The Balaban J connectivity index is 1.87. The normalized spacial score (nSPS) is 23.9. The Bertz CT molecular complexity index is 455. The number of aliphatic carboxylic acids is 1. The molecule has 1 saturated carbocycles. The number of thiophene rings is 1. The summed E-state index contributed by atoms with van der Waals surface area (Å²) in [5.74, 6) is -1.08. The van der Waals surface area contributed by atoms with Crippen molar-refractivity contribution in [3.63, 3.8) is 0 Å². The highest BCUT2D eigenvalue weighted by atomic mass is 32.1. The molecular formula is C13H18N2O4S. The van der Waals surface area contributed by atoms with Gasteiger partial charge in [-0.15, -0.1) is 11.3 Å². The van der Waals surface area contributed by atoms with E-state index >= 15 is 0 Å². The third kappa shape index (κ3) is 3.94. The zero-order chi connectivity index (χ0) is 14.5. The summed E-state index contributed by atoms with van der Waals surface area (Å²) in [5, 5.41) is 25.6. The van der Waals surface area contributed by atoms with E-state index < -0.39 is 18.0 Å². The molecule has 1 atom stereocenters. The van der Waals surface area contributed by atoms with Gasteiger partial charge in [-0.1, -0.05) is 6.07 Å². The molecule has 0 saturated heterocycles. The summed E-state index contributed by atoms with van der Waals surface area (Å²) in [5.41, 5.74) is 0. The van der Waals surface area contributed by atoms with Crippen LogP contribution in [0.25, 0.3) is 0 Å². The first-order valence-electron chi connectivity index (χ1n) is 6.57. The van der Waals surface area contributed by atoms with Crippen LogP contribution < -0.4 is 10.6 Å². The summed E-state index contributed by atoms with van der Waals surface area (Å²) in [4.78, 5) is 23.6. The van der Waals surface area contributed by atoms with E-state index in [1.54, 1.807) is 17.5 Å². The van der Waals surface area contributed by atoms with Crippen LogP contribution >= 0.6 is 11.3 Å². The Morgan fingerprint density at radius 2 is 2.00 bits per heavy atom. The maximum atomic E-state index is 11.9. The highest BCUT2D eigenvalue weighted by Crippen LogP contribution is 2.20. The van der Waals surface area contributed by atoms with Gasteiger partial charge in [-0.05, 0) is 37.1 Å². The van der Waals surface area contributed by atoms with Gasteiger partial charge in [-0.3, -0.25) is 0 Å².